The summed E-state index contributed by atoms with van der Waals surface area (Å²) >= 11 is 1.45. The number of thiazole rings is 1. The average molecular weight is 521 g/mol. The molecule has 1 aliphatic heterocycles. The summed E-state index contributed by atoms with van der Waals surface area (Å²) in [5, 5.41) is 10.7. The minimum atomic E-state index is -1.30. The summed E-state index contributed by atoms with van der Waals surface area (Å²) in [7, 11) is 0.776. The van der Waals surface area contributed by atoms with Gasteiger partial charge in [-0.25, -0.2) is 9.78 Å². The lowest BCUT2D eigenvalue weighted by atomic mass is 9.81. The number of ether oxygens (including phenoxy) is 1. The summed E-state index contributed by atoms with van der Waals surface area (Å²) in [5.41, 5.74) is 1.02. The van der Waals surface area contributed by atoms with E-state index in [1.165, 1.54) is 11.3 Å². The molecular weight excluding hydrogens is 484 g/mol. The molecule has 0 saturated heterocycles. The van der Waals surface area contributed by atoms with E-state index in [0.717, 1.165) is 42.5 Å². The maximum atomic E-state index is 13.2. The van der Waals surface area contributed by atoms with Crippen LogP contribution in [0.4, 0.5) is 4.79 Å². The van der Waals surface area contributed by atoms with Crippen molar-refractivity contribution in [2.45, 2.75) is 82.8 Å². The van der Waals surface area contributed by atoms with Crippen LogP contribution in [-0.2, 0) is 17.7 Å². The second kappa shape index (κ2) is 10.7. The monoisotopic (exact) mass is 520 g/mol. The van der Waals surface area contributed by atoms with Gasteiger partial charge in [0.2, 0.25) is 5.89 Å². The molecule has 0 spiro atoms. The number of nitrogens with zero attached hydrogens (tertiary/aromatic N) is 4. The van der Waals surface area contributed by atoms with Gasteiger partial charge in [0.1, 0.15) is 0 Å². The molecule has 12 heteroatoms. The topological polar surface area (TPSA) is 122 Å². The Kier molecular flexibility index (Phi) is 7.91. The van der Waals surface area contributed by atoms with Crippen LogP contribution in [0, 0.1) is 6.92 Å². The van der Waals surface area contributed by atoms with Crippen LogP contribution >= 0.6 is 11.3 Å². The Morgan fingerprint density at radius 2 is 2.00 bits per heavy atom. The highest BCUT2D eigenvalue weighted by Crippen LogP contribution is 2.32. The Morgan fingerprint density at radius 3 is 2.71 bits per heavy atom. The zero-order valence-corrected chi connectivity index (χ0v) is 23.0. The number of aryl methyl sites for hydroxylation is 1. The summed E-state index contributed by atoms with van der Waals surface area (Å²) in [6.45, 7) is 10.7. The fourth-order valence-electron chi connectivity index (χ4n) is 4.51. The van der Waals surface area contributed by atoms with E-state index in [1.807, 2.05) is 0 Å². The fourth-order valence-corrected chi connectivity index (χ4v) is 6.32. The van der Waals surface area contributed by atoms with E-state index < -0.39 is 14.2 Å². The molecule has 0 unspecified atom stereocenters. The van der Waals surface area contributed by atoms with Crippen LogP contribution < -0.4 is 10.6 Å². The van der Waals surface area contributed by atoms with Crippen LogP contribution in [0.2, 0.25) is 25.7 Å². The number of likely N-dealkylation sites (N-methyl/N-ethyl adjacent to an activating group) is 1. The molecule has 0 radical (unpaired) electrons. The molecule has 2 aromatic heterocycles. The second-order valence-corrected chi connectivity index (χ2v) is 17.5. The van der Waals surface area contributed by atoms with Crippen LogP contribution in [-0.4, -0.2) is 72.4 Å². The Balaban J connectivity index is 1.43. The molecule has 2 aliphatic rings. The fraction of sp³-hybridized carbons (Fsp3) is 0.696. The van der Waals surface area contributed by atoms with Gasteiger partial charge in [-0.1, -0.05) is 24.8 Å². The molecule has 1 fully saturated rings. The molecule has 0 aromatic carbocycles. The number of carbonyl (C=O) groups excluding carboxylic acids is 2. The van der Waals surface area contributed by atoms with Crippen molar-refractivity contribution in [3.05, 3.63) is 27.3 Å². The van der Waals surface area contributed by atoms with Gasteiger partial charge in [0.15, 0.2) is 10.8 Å². The molecular formula is C23H36N6O4SSi. The van der Waals surface area contributed by atoms with Gasteiger partial charge in [-0.3, -0.25) is 4.79 Å². The molecule has 3 heterocycles. The standard InChI is InChI=1S/C23H36N6O4SSi/c1-14-24-20(28-33-14)15-6-7-16(27-23(31)32-10-11-35(3,4)5)18(12-15)25-21(30)22-26-17-8-9-29(2)13-19(17)34-22/h15-16,18H,6-13H2,1-5H3,(H,25,30)(H,27,31)/t15-,16-,18+/m0/s1. The largest absolute Gasteiger partial charge is 0.450 e. The van der Waals surface area contributed by atoms with E-state index in [0.29, 0.717) is 36.2 Å². The first-order valence-corrected chi connectivity index (χ1v) is 16.8. The third kappa shape index (κ3) is 6.89. The zero-order valence-electron chi connectivity index (χ0n) is 21.2. The number of aromatic nitrogens is 3. The highest BCUT2D eigenvalue weighted by Gasteiger charge is 2.36. The molecule has 0 bridgehead atoms. The molecule has 1 saturated carbocycles. The maximum Gasteiger partial charge on any atom is 0.407 e. The SMILES string of the molecule is Cc1nc([C@H]2CC[C@H](NC(=O)OCC[Si](C)(C)C)[C@H](NC(=O)c3nc4c(s3)CN(C)CC4)C2)no1. The predicted molar refractivity (Wildman–Crippen MR) is 135 cm³/mol. The normalized spacial score (nSPS) is 22.9. The Labute approximate surface area is 211 Å². The predicted octanol–water partition coefficient (Wildman–Crippen LogP) is 3.32. The first-order valence-electron chi connectivity index (χ1n) is 12.3. The third-order valence-corrected chi connectivity index (χ3v) is 9.37. The summed E-state index contributed by atoms with van der Waals surface area (Å²) in [6, 6.07) is 0.366. The highest BCUT2D eigenvalue weighted by molar-refractivity contribution is 7.13. The van der Waals surface area contributed by atoms with Crippen LogP contribution in [0.25, 0.3) is 0 Å². The molecule has 4 rings (SSSR count). The van der Waals surface area contributed by atoms with E-state index >= 15 is 0 Å². The molecule has 1 aliphatic carbocycles. The highest BCUT2D eigenvalue weighted by atomic mass is 32.1. The van der Waals surface area contributed by atoms with Gasteiger partial charge >= 0.3 is 6.09 Å². The first-order chi connectivity index (χ1) is 16.6. The number of amides is 2. The smallest absolute Gasteiger partial charge is 0.407 e. The zero-order chi connectivity index (χ0) is 25.2. The van der Waals surface area contributed by atoms with Crippen molar-refractivity contribution in [2.75, 3.05) is 20.2 Å². The lowest BCUT2D eigenvalue weighted by molar-refractivity contribution is 0.0900. The van der Waals surface area contributed by atoms with Gasteiger partial charge in [0, 0.05) is 45.3 Å². The lowest BCUT2D eigenvalue weighted by Gasteiger charge is -2.35. The minimum absolute atomic E-state index is 0.0388. The van der Waals surface area contributed by atoms with Crippen LogP contribution in [0.15, 0.2) is 4.52 Å². The van der Waals surface area contributed by atoms with E-state index in [4.69, 9.17) is 9.26 Å². The quantitative estimate of drug-likeness (QED) is 0.533. The summed E-state index contributed by atoms with van der Waals surface area (Å²) < 4.78 is 10.6. The van der Waals surface area contributed by atoms with Crippen molar-refractivity contribution >= 4 is 31.4 Å². The van der Waals surface area contributed by atoms with Crippen molar-refractivity contribution in [3.8, 4) is 0 Å². The van der Waals surface area contributed by atoms with Gasteiger partial charge < -0.3 is 24.8 Å². The first kappa shape index (κ1) is 25.8. The Bertz CT molecular complexity index is 1050. The van der Waals surface area contributed by atoms with Gasteiger partial charge in [0.25, 0.3) is 5.91 Å². The number of rotatable bonds is 7. The number of hydrogen-bond donors (Lipinski definition) is 2. The van der Waals surface area contributed by atoms with Crippen molar-refractivity contribution < 1.29 is 18.8 Å². The van der Waals surface area contributed by atoms with Gasteiger partial charge in [-0.05, 0) is 32.4 Å². The van der Waals surface area contributed by atoms with E-state index in [9.17, 15) is 9.59 Å². The summed E-state index contributed by atoms with van der Waals surface area (Å²) in [5.74, 6) is 0.994. The molecule has 2 aromatic rings. The van der Waals surface area contributed by atoms with Crippen molar-refractivity contribution in [3.63, 3.8) is 0 Å². The summed E-state index contributed by atoms with van der Waals surface area (Å²) in [6.07, 6.45) is 2.47. The second-order valence-electron chi connectivity index (χ2n) is 10.8. The van der Waals surface area contributed by atoms with Gasteiger partial charge in [-0.15, -0.1) is 11.3 Å². The van der Waals surface area contributed by atoms with Crippen molar-refractivity contribution in [1.29, 1.82) is 0 Å². The van der Waals surface area contributed by atoms with Crippen LogP contribution in [0.5, 0.6) is 0 Å². The van der Waals surface area contributed by atoms with E-state index in [-0.39, 0.29) is 23.9 Å². The Hall–Kier alpha value is -2.31. The number of hydrogen-bond acceptors (Lipinski definition) is 9. The van der Waals surface area contributed by atoms with Crippen LogP contribution in [0.3, 0.4) is 0 Å². The maximum absolute atomic E-state index is 13.2. The molecule has 2 N–H and O–H groups in total. The molecule has 2 amide bonds. The van der Waals surface area contributed by atoms with Crippen molar-refractivity contribution in [1.82, 2.24) is 30.7 Å². The summed E-state index contributed by atoms with van der Waals surface area (Å²) in [4.78, 5) is 38.1. The van der Waals surface area contributed by atoms with Crippen molar-refractivity contribution in [2.24, 2.45) is 0 Å². The molecule has 3 atom stereocenters. The van der Waals surface area contributed by atoms with Crippen LogP contribution in [0.1, 0.15) is 57.3 Å². The Morgan fingerprint density at radius 1 is 1.20 bits per heavy atom. The lowest BCUT2D eigenvalue weighted by Crippen LogP contribution is -2.54. The number of carbonyl (C=O) groups is 2. The molecule has 35 heavy (non-hydrogen) atoms. The van der Waals surface area contributed by atoms with E-state index in [2.05, 4.69) is 57.3 Å². The van der Waals surface area contributed by atoms with Gasteiger partial charge in [-0.2, -0.15) is 4.98 Å². The number of fused-ring (bicyclic) bond motifs is 1. The average Bonchev–Trinajstić information content (AvgIpc) is 3.40. The molecule has 10 nitrogen and oxygen atoms in total. The third-order valence-electron chi connectivity index (χ3n) is 6.58. The molecule has 192 valence electrons. The van der Waals surface area contributed by atoms with Gasteiger partial charge in [0.05, 0.1) is 24.4 Å². The number of alkyl carbamates (subject to hydrolysis) is 1. The number of nitrogens with one attached hydrogen (secondary N) is 2. The van der Waals surface area contributed by atoms with E-state index in [1.54, 1.807) is 6.92 Å². The minimum Gasteiger partial charge on any atom is -0.450 e.